The van der Waals surface area contributed by atoms with Crippen LogP contribution in [-0.2, 0) is 0 Å². The van der Waals surface area contributed by atoms with E-state index in [1.165, 1.54) is 0 Å². The van der Waals surface area contributed by atoms with Crippen LogP contribution in [0.1, 0.15) is 118 Å². The average Bonchev–Trinajstić information content (AvgIpc) is 3.21. The molecular weight excluding hydrogens is 743 g/mol. The summed E-state index contributed by atoms with van der Waals surface area (Å²) in [7, 11) is 0. The number of nitrogens with zero attached hydrogens (tertiary/aromatic N) is 3. The lowest BCUT2D eigenvalue weighted by atomic mass is 9.87. The van der Waals surface area contributed by atoms with Gasteiger partial charge in [-0.25, -0.2) is 4.98 Å². The van der Waals surface area contributed by atoms with Crippen molar-refractivity contribution in [3.63, 3.8) is 0 Å². The summed E-state index contributed by atoms with van der Waals surface area (Å²) in [5.74, 6) is 0.288. The third-order valence-electron chi connectivity index (χ3n) is 12.4. The Morgan fingerprint density at radius 1 is 0.500 bits per heavy atom. The van der Waals surface area contributed by atoms with Crippen molar-refractivity contribution in [3.8, 4) is 22.6 Å². The van der Waals surface area contributed by atoms with Crippen LogP contribution in [0.15, 0.2) is 84.9 Å². The first-order valence-corrected chi connectivity index (χ1v) is 20.8. The highest BCUT2D eigenvalue weighted by molar-refractivity contribution is 6.14. The van der Waals surface area contributed by atoms with Gasteiger partial charge in [-0.3, -0.25) is 14.8 Å². The number of carbonyl (C=O) groups is 1. The number of aromatic nitrogens is 3. The largest absolute Gasteiger partial charge is 0.507 e. The summed E-state index contributed by atoms with van der Waals surface area (Å²) < 4.78 is 0. The normalized spacial score (nSPS) is 13.9. The summed E-state index contributed by atoms with van der Waals surface area (Å²) in [6.45, 7) is 20.4. The van der Waals surface area contributed by atoms with Crippen LogP contribution in [0.25, 0.3) is 54.7 Å². The summed E-state index contributed by atoms with van der Waals surface area (Å²) in [5.41, 5.74) is 14.2. The van der Waals surface area contributed by atoms with Gasteiger partial charge in [0.1, 0.15) is 11.5 Å². The molecule has 0 aliphatic carbocycles. The third-order valence-corrected chi connectivity index (χ3v) is 12.4. The van der Waals surface area contributed by atoms with Crippen molar-refractivity contribution >= 4 is 49.9 Å². The zero-order valence-corrected chi connectivity index (χ0v) is 36.1. The molecule has 0 spiro atoms. The first-order valence-electron chi connectivity index (χ1n) is 20.8. The van der Waals surface area contributed by atoms with Gasteiger partial charge in [-0.2, -0.15) is 0 Å². The first-order chi connectivity index (χ1) is 28.7. The van der Waals surface area contributed by atoms with Crippen LogP contribution in [-0.4, -0.2) is 31.5 Å². The molecular formula is C52H53N5O3. The van der Waals surface area contributed by atoms with E-state index in [1.54, 1.807) is 0 Å². The molecule has 4 unspecified atom stereocenters. The van der Waals surface area contributed by atoms with Gasteiger partial charge < -0.3 is 20.8 Å². The van der Waals surface area contributed by atoms with Gasteiger partial charge in [-0.05, 0) is 132 Å². The molecule has 0 amide bonds. The Labute approximate surface area is 351 Å². The number of fused-ring (bicyclic) bond motifs is 4. The first kappa shape index (κ1) is 40.6. The Morgan fingerprint density at radius 2 is 0.950 bits per heavy atom. The summed E-state index contributed by atoms with van der Waals surface area (Å²) in [4.78, 5) is 28.1. The van der Waals surface area contributed by atoms with Crippen molar-refractivity contribution < 1.29 is 15.0 Å². The summed E-state index contributed by atoms with van der Waals surface area (Å²) in [6.07, 6.45) is 0.886. The third kappa shape index (κ3) is 6.93. The van der Waals surface area contributed by atoms with E-state index in [2.05, 4.69) is 74.7 Å². The van der Waals surface area contributed by atoms with E-state index in [9.17, 15) is 15.0 Å². The van der Waals surface area contributed by atoms with Crippen LogP contribution in [0.5, 0.6) is 11.5 Å². The Kier molecular flexibility index (Phi) is 10.6. The summed E-state index contributed by atoms with van der Waals surface area (Å²) >= 11 is 0. The molecule has 0 saturated heterocycles. The van der Waals surface area contributed by atoms with Crippen molar-refractivity contribution in [1.82, 2.24) is 25.6 Å². The van der Waals surface area contributed by atoms with Crippen molar-refractivity contribution in [2.75, 3.05) is 0 Å². The number of rotatable bonds is 10. The van der Waals surface area contributed by atoms with E-state index in [0.717, 1.165) is 83.6 Å². The molecule has 8 heteroatoms. The SMILES string of the molecule is Cc1ccc2c(C)ccc(C(C)NC(C)c3c(O)c(C)cc4c(-c5ccccc5C=O)c5cc(C)c(O)c(C(C)NC(C)c6ccc(C)c7ccc(C)nc67)c5nc34)c2n1. The van der Waals surface area contributed by atoms with Crippen LogP contribution < -0.4 is 10.6 Å². The summed E-state index contributed by atoms with van der Waals surface area (Å²) in [5, 5.41) is 35.5. The molecule has 3 heterocycles. The fourth-order valence-electron chi connectivity index (χ4n) is 9.21. The highest BCUT2D eigenvalue weighted by atomic mass is 16.3. The highest BCUT2D eigenvalue weighted by Gasteiger charge is 2.28. The molecule has 0 aliphatic heterocycles. The number of aldehydes is 1. The molecule has 0 radical (unpaired) electrons. The van der Waals surface area contributed by atoms with Crippen molar-refractivity contribution in [2.45, 2.75) is 93.4 Å². The van der Waals surface area contributed by atoms with Gasteiger partial charge >= 0.3 is 0 Å². The molecule has 0 bridgehead atoms. The van der Waals surface area contributed by atoms with Gasteiger partial charge in [0.2, 0.25) is 0 Å². The van der Waals surface area contributed by atoms with Gasteiger partial charge in [0, 0.05) is 79.4 Å². The second kappa shape index (κ2) is 15.8. The number of hydrogen-bond donors (Lipinski definition) is 4. The average molecular weight is 796 g/mol. The minimum absolute atomic E-state index is 0.144. The molecule has 4 N–H and O–H groups in total. The van der Waals surface area contributed by atoms with E-state index in [4.69, 9.17) is 15.0 Å². The molecule has 304 valence electrons. The number of phenols is 2. The molecule has 60 heavy (non-hydrogen) atoms. The number of nitrogens with one attached hydrogen (secondary N) is 2. The van der Waals surface area contributed by atoms with Gasteiger partial charge in [-0.15, -0.1) is 0 Å². The number of benzene rings is 5. The maximum Gasteiger partial charge on any atom is 0.150 e. The zero-order valence-electron chi connectivity index (χ0n) is 36.1. The van der Waals surface area contributed by atoms with Gasteiger partial charge in [0.15, 0.2) is 6.29 Å². The fraction of sp³-hybridized carbons (Fsp3) is 0.269. The Hall–Kier alpha value is -6.22. The number of phenolic OH excluding ortho intramolecular Hbond substituents is 2. The molecule has 0 saturated carbocycles. The smallest absolute Gasteiger partial charge is 0.150 e. The van der Waals surface area contributed by atoms with Gasteiger partial charge in [0.25, 0.3) is 0 Å². The Bertz CT molecular complexity index is 2850. The standard InChI is InChI=1S/C52H53N5O3/c1-26-15-19-39(47-37(26)21-17-30(5)53-47)32(7)55-34(9)44-49-42(23-28(3)51(44)59)46(41-14-12-11-13-36(41)25-58)43-24-29(4)52(60)45(50(43)57-49)35(10)56-33(8)40-20-16-27(2)38-22-18-31(6)54-48(38)40/h11-25,32-35,55-56,59-60H,1-10H3. The van der Waals surface area contributed by atoms with E-state index >= 15 is 0 Å². The number of carbonyl (C=O) groups excluding carboxylic acids is 1. The van der Waals surface area contributed by atoms with Gasteiger partial charge in [-0.1, -0.05) is 60.7 Å². The predicted molar refractivity (Wildman–Crippen MR) is 245 cm³/mol. The van der Waals surface area contributed by atoms with Crippen LogP contribution in [0.3, 0.4) is 0 Å². The van der Waals surface area contributed by atoms with Crippen LogP contribution in [0.4, 0.5) is 0 Å². The lowest BCUT2D eigenvalue weighted by Gasteiger charge is -2.27. The molecule has 8 nitrogen and oxygen atoms in total. The molecule has 8 rings (SSSR count). The van der Waals surface area contributed by atoms with Crippen LogP contribution >= 0.6 is 0 Å². The van der Waals surface area contributed by atoms with Crippen molar-refractivity contribution in [3.05, 3.63) is 146 Å². The predicted octanol–water partition coefficient (Wildman–Crippen LogP) is 12.0. The minimum Gasteiger partial charge on any atom is -0.507 e. The molecule has 0 aliphatic rings. The highest BCUT2D eigenvalue weighted by Crippen LogP contribution is 2.46. The van der Waals surface area contributed by atoms with E-state index in [-0.39, 0.29) is 35.7 Å². The number of pyridine rings is 3. The van der Waals surface area contributed by atoms with Crippen molar-refractivity contribution in [1.29, 1.82) is 0 Å². The lowest BCUT2D eigenvalue weighted by molar-refractivity contribution is 0.112. The number of aryl methyl sites for hydroxylation is 6. The van der Waals surface area contributed by atoms with E-state index < -0.39 is 0 Å². The Morgan fingerprint density at radius 3 is 1.40 bits per heavy atom. The maximum absolute atomic E-state index is 12.7. The fourth-order valence-corrected chi connectivity index (χ4v) is 9.21. The monoisotopic (exact) mass is 795 g/mol. The number of aromatic hydroxyl groups is 2. The molecule has 3 aromatic heterocycles. The maximum atomic E-state index is 12.7. The summed E-state index contributed by atoms with van der Waals surface area (Å²) in [6, 6.07) is 27.3. The minimum atomic E-state index is -0.383. The second-order valence-electron chi connectivity index (χ2n) is 16.8. The topological polar surface area (TPSA) is 120 Å². The zero-order chi connectivity index (χ0) is 42.7. The molecule has 4 atom stereocenters. The lowest BCUT2D eigenvalue weighted by Crippen LogP contribution is -2.24. The quantitative estimate of drug-likeness (QED) is 0.0798. The second-order valence-corrected chi connectivity index (χ2v) is 16.8. The molecule has 5 aromatic carbocycles. The number of hydrogen-bond acceptors (Lipinski definition) is 8. The molecule has 0 fully saturated rings. The van der Waals surface area contributed by atoms with Crippen molar-refractivity contribution in [2.24, 2.45) is 0 Å². The van der Waals surface area contributed by atoms with E-state index in [1.807, 2.05) is 90.1 Å². The Balaban J connectivity index is 1.34. The van der Waals surface area contributed by atoms with Crippen LogP contribution in [0, 0.1) is 41.5 Å². The van der Waals surface area contributed by atoms with Gasteiger partial charge in [0.05, 0.1) is 22.1 Å². The van der Waals surface area contributed by atoms with E-state index in [0.29, 0.717) is 38.9 Å². The molecule has 8 aromatic rings. The van der Waals surface area contributed by atoms with Crippen LogP contribution in [0.2, 0.25) is 0 Å².